The summed E-state index contributed by atoms with van der Waals surface area (Å²) in [6.07, 6.45) is 2.27. The van der Waals surface area contributed by atoms with Crippen LogP contribution >= 0.6 is 11.3 Å². The van der Waals surface area contributed by atoms with Crippen molar-refractivity contribution >= 4 is 22.7 Å². The number of allylic oxidation sites excluding steroid dienone is 1. The van der Waals surface area contributed by atoms with Crippen LogP contribution in [-0.4, -0.2) is 27.1 Å². The molecule has 0 aliphatic rings. The van der Waals surface area contributed by atoms with Crippen molar-refractivity contribution in [2.75, 3.05) is 21.3 Å². The van der Waals surface area contributed by atoms with Crippen LogP contribution in [0.15, 0.2) is 30.3 Å². The Morgan fingerprint density at radius 1 is 1.14 bits per heavy atom. The Labute approximate surface area is 172 Å². The fraction of sp³-hybridized carbons (Fsp3) is 0.435. The second-order valence-electron chi connectivity index (χ2n) is 7.30. The van der Waals surface area contributed by atoms with Crippen molar-refractivity contribution in [2.24, 2.45) is 11.8 Å². The molecule has 0 spiro atoms. The highest BCUT2D eigenvalue weighted by atomic mass is 32.1. The van der Waals surface area contributed by atoms with E-state index in [1.165, 1.54) is 0 Å². The number of ketones is 1. The molecular weight excluding hydrogens is 370 g/mol. The molecule has 0 saturated heterocycles. The van der Waals surface area contributed by atoms with Crippen LogP contribution in [0.5, 0.6) is 11.5 Å². The first-order valence-corrected chi connectivity index (χ1v) is 10.4. The third-order valence-electron chi connectivity index (χ3n) is 4.93. The van der Waals surface area contributed by atoms with Crippen molar-refractivity contribution in [2.45, 2.75) is 34.2 Å². The van der Waals surface area contributed by atoms with Gasteiger partial charge < -0.3 is 14.8 Å². The molecule has 1 heterocycles. The van der Waals surface area contributed by atoms with E-state index < -0.39 is 0 Å². The van der Waals surface area contributed by atoms with Crippen molar-refractivity contribution in [3.63, 3.8) is 0 Å². The number of hydrogen-bond acceptors (Lipinski definition) is 5. The molecule has 4 nitrogen and oxygen atoms in total. The van der Waals surface area contributed by atoms with Crippen LogP contribution in [-0.2, 0) is 6.54 Å². The summed E-state index contributed by atoms with van der Waals surface area (Å²) >= 11 is 1.67. The Morgan fingerprint density at radius 3 is 2.36 bits per heavy atom. The van der Waals surface area contributed by atoms with Gasteiger partial charge in [-0.3, -0.25) is 4.79 Å². The second kappa shape index (κ2) is 9.89. The van der Waals surface area contributed by atoms with E-state index in [0.29, 0.717) is 23.3 Å². The highest BCUT2D eigenvalue weighted by Crippen LogP contribution is 2.38. The van der Waals surface area contributed by atoms with E-state index in [1.807, 2.05) is 31.3 Å². The normalized spacial score (nSPS) is 12.9. The van der Waals surface area contributed by atoms with Crippen molar-refractivity contribution in [3.05, 3.63) is 51.2 Å². The second-order valence-corrected chi connectivity index (χ2v) is 8.43. The minimum atomic E-state index is 0.0807. The highest BCUT2D eigenvalue weighted by Gasteiger charge is 2.20. The minimum absolute atomic E-state index is 0.0807. The molecule has 0 saturated carbocycles. The van der Waals surface area contributed by atoms with Gasteiger partial charge in [0.1, 0.15) is 0 Å². The molecule has 0 amide bonds. The van der Waals surface area contributed by atoms with Crippen LogP contribution in [0.25, 0.3) is 5.57 Å². The SMILES string of the molecule is CNCc1cc(C(C)=O)c(C(=CC(C)C(C)C)c2ccc(OC)c(OC)c2)s1. The first-order valence-electron chi connectivity index (χ1n) is 9.55. The molecule has 0 radical (unpaired) electrons. The summed E-state index contributed by atoms with van der Waals surface area (Å²) in [7, 11) is 5.18. The molecule has 5 heteroatoms. The summed E-state index contributed by atoms with van der Waals surface area (Å²) in [6.45, 7) is 9.00. The number of Topliss-reactive ketones (excluding diaryl/α,β-unsaturated/α-hetero) is 1. The number of carbonyl (C=O) groups is 1. The quantitative estimate of drug-likeness (QED) is 0.571. The molecule has 1 unspecified atom stereocenters. The van der Waals surface area contributed by atoms with Crippen LogP contribution in [0.1, 0.15) is 53.4 Å². The Hall–Kier alpha value is -2.11. The number of nitrogens with one attached hydrogen (secondary N) is 1. The first-order chi connectivity index (χ1) is 13.3. The lowest BCUT2D eigenvalue weighted by Crippen LogP contribution is -2.03. The smallest absolute Gasteiger partial charge is 0.161 e. The molecule has 0 bridgehead atoms. The van der Waals surface area contributed by atoms with E-state index >= 15 is 0 Å². The van der Waals surface area contributed by atoms with E-state index in [0.717, 1.165) is 33.0 Å². The molecule has 1 atom stereocenters. The lowest BCUT2D eigenvalue weighted by molar-refractivity contribution is 0.101. The van der Waals surface area contributed by atoms with Crippen molar-refractivity contribution < 1.29 is 14.3 Å². The standard InChI is InChI=1S/C23H31NO3S/c1-14(2)15(3)10-20(17-8-9-21(26-6)22(11-17)27-7)23-19(16(4)25)12-18(28-23)13-24-5/h8-12,14-15,24H,13H2,1-7H3. The van der Waals surface area contributed by atoms with Gasteiger partial charge in [0.15, 0.2) is 17.3 Å². The minimum Gasteiger partial charge on any atom is -0.493 e. The molecule has 152 valence electrons. The van der Waals surface area contributed by atoms with E-state index in [1.54, 1.807) is 32.5 Å². The van der Waals surface area contributed by atoms with Gasteiger partial charge in [-0.15, -0.1) is 11.3 Å². The number of methoxy groups -OCH3 is 2. The predicted octanol–water partition coefficient (Wildman–Crippen LogP) is 5.41. The van der Waals surface area contributed by atoms with Crippen LogP contribution in [0.4, 0.5) is 0 Å². The van der Waals surface area contributed by atoms with Gasteiger partial charge in [0.05, 0.1) is 14.2 Å². The number of hydrogen-bond donors (Lipinski definition) is 1. The number of carbonyl (C=O) groups excluding carboxylic acids is 1. The summed E-state index contributed by atoms with van der Waals surface area (Å²) in [4.78, 5) is 14.5. The van der Waals surface area contributed by atoms with Crippen LogP contribution < -0.4 is 14.8 Å². The lowest BCUT2D eigenvalue weighted by Gasteiger charge is -2.17. The zero-order valence-electron chi connectivity index (χ0n) is 17.9. The highest BCUT2D eigenvalue weighted by molar-refractivity contribution is 7.13. The Balaban J connectivity index is 2.70. The van der Waals surface area contributed by atoms with Gasteiger partial charge in [-0.05, 0) is 55.1 Å². The van der Waals surface area contributed by atoms with Gasteiger partial charge >= 0.3 is 0 Å². The van der Waals surface area contributed by atoms with E-state index in [4.69, 9.17) is 9.47 Å². The Kier molecular flexibility index (Phi) is 7.84. The van der Waals surface area contributed by atoms with Gasteiger partial charge in [-0.1, -0.05) is 32.9 Å². The molecule has 1 N–H and O–H groups in total. The average Bonchev–Trinajstić information content (AvgIpc) is 3.09. The summed E-state index contributed by atoms with van der Waals surface area (Å²) in [6, 6.07) is 7.94. The zero-order chi connectivity index (χ0) is 20.8. The predicted molar refractivity (Wildman–Crippen MR) is 118 cm³/mol. The van der Waals surface area contributed by atoms with Crippen molar-refractivity contribution in [3.8, 4) is 11.5 Å². The first kappa shape index (κ1) is 22.2. The Morgan fingerprint density at radius 2 is 1.82 bits per heavy atom. The maximum Gasteiger partial charge on any atom is 0.161 e. The average molecular weight is 402 g/mol. The fourth-order valence-electron chi connectivity index (χ4n) is 2.93. The van der Waals surface area contributed by atoms with E-state index in [-0.39, 0.29) is 5.78 Å². The number of rotatable bonds is 9. The number of thiophene rings is 1. The van der Waals surface area contributed by atoms with Gasteiger partial charge in [0.25, 0.3) is 0 Å². The summed E-state index contributed by atoms with van der Waals surface area (Å²) in [5.41, 5.74) is 2.86. The number of benzene rings is 1. The van der Waals surface area contributed by atoms with Crippen LogP contribution in [0.3, 0.4) is 0 Å². The molecule has 28 heavy (non-hydrogen) atoms. The summed E-state index contributed by atoms with van der Waals surface area (Å²) in [5, 5.41) is 3.18. The van der Waals surface area contributed by atoms with Crippen LogP contribution in [0.2, 0.25) is 0 Å². The van der Waals surface area contributed by atoms with Gasteiger partial charge in [0.2, 0.25) is 0 Å². The summed E-state index contributed by atoms with van der Waals surface area (Å²) in [5.74, 6) is 2.30. The van der Waals surface area contributed by atoms with Gasteiger partial charge in [-0.25, -0.2) is 0 Å². The maximum atomic E-state index is 12.4. The third-order valence-corrected chi connectivity index (χ3v) is 6.10. The molecular formula is C23H31NO3S. The van der Waals surface area contributed by atoms with E-state index in [2.05, 4.69) is 32.2 Å². The fourth-order valence-corrected chi connectivity index (χ4v) is 4.19. The lowest BCUT2D eigenvalue weighted by atomic mass is 9.91. The zero-order valence-corrected chi connectivity index (χ0v) is 18.7. The third kappa shape index (κ3) is 5.03. The molecule has 0 fully saturated rings. The van der Waals surface area contributed by atoms with Crippen LogP contribution in [0, 0.1) is 11.8 Å². The van der Waals surface area contributed by atoms with Gasteiger partial charge in [0, 0.05) is 21.9 Å². The van der Waals surface area contributed by atoms with Crippen molar-refractivity contribution in [1.82, 2.24) is 5.32 Å². The molecule has 0 aliphatic carbocycles. The maximum absolute atomic E-state index is 12.4. The molecule has 2 aromatic rings. The Bertz CT molecular complexity index is 852. The topological polar surface area (TPSA) is 47.6 Å². The van der Waals surface area contributed by atoms with E-state index in [9.17, 15) is 4.79 Å². The monoisotopic (exact) mass is 401 g/mol. The van der Waals surface area contributed by atoms with Gasteiger partial charge in [-0.2, -0.15) is 0 Å². The molecule has 1 aromatic heterocycles. The molecule has 0 aliphatic heterocycles. The largest absolute Gasteiger partial charge is 0.493 e. The van der Waals surface area contributed by atoms with Crippen molar-refractivity contribution in [1.29, 1.82) is 0 Å². The molecule has 2 rings (SSSR count). The summed E-state index contributed by atoms with van der Waals surface area (Å²) < 4.78 is 10.9. The molecule has 1 aromatic carbocycles. The number of ether oxygens (including phenoxy) is 2.